The lowest BCUT2D eigenvalue weighted by atomic mass is 9.91. The van der Waals surface area contributed by atoms with Crippen LogP contribution in [0.1, 0.15) is 81.0 Å². The summed E-state index contributed by atoms with van der Waals surface area (Å²) in [6.45, 7) is 8.90. The van der Waals surface area contributed by atoms with Crippen molar-refractivity contribution in [1.29, 1.82) is 0 Å². The van der Waals surface area contributed by atoms with Gasteiger partial charge in [0.25, 0.3) is 10.1 Å². The van der Waals surface area contributed by atoms with E-state index >= 15 is 0 Å². The first-order valence-corrected chi connectivity index (χ1v) is 32.1. The fourth-order valence-electron chi connectivity index (χ4n) is 11.1. The first kappa shape index (κ1) is 67.0. The zero-order valence-electron chi connectivity index (χ0n) is 52.6. The normalized spacial score (nSPS) is 19.5. The first-order chi connectivity index (χ1) is 44.9. The third kappa shape index (κ3) is 16.5. The van der Waals surface area contributed by atoms with Crippen LogP contribution < -0.4 is 21.7 Å². The van der Waals surface area contributed by atoms with Crippen LogP contribution in [0.2, 0.25) is 0 Å². The van der Waals surface area contributed by atoms with Crippen LogP contribution in [0.15, 0.2) is 158 Å². The van der Waals surface area contributed by atoms with Crippen LogP contribution >= 0.6 is 0 Å². The lowest BCUT2D eigenvalue weighted by Gasteiger charge is -2.20. The molecule has 6 aromatic heterocycles. The summed E-state index contributed by atoms with van der Waals surface area (Å²) >= 11 is 0. The molecule has 0 spiro atoms. The van der Waals surface area contributed by atoms with Crippen LogP contribution in [0.3, 0.4) is 0 Å². The number of pyridine rings is 2. The number of imidazole rings is 2. The Kier molecular flexibility index (Phi) is 22.1. The number of methoxy groups -OCH3 is 2. The van der Waals surface area contributed by atoms with E-state index in [1.165, 1.54) is 36.2 Å². The minimum Gasteiger partial charge on any atom is -0.397 e. The molecule has 2 aliphatic heterocycles. The second-order valence-electron chi connectivity index (χ2n) is 22.7. The molecule has 8 atom stereocenters. The SMILES string of the molecule is COC[C@H]1O[C@@H](n2cnc3c(NCC(c4ccccc4)c4ccccc4)nc(CNc4ccc(C)nc4C)nc32)[C@H](O)[C@@H]1O.COC[C@H]1O[C@@H](n2cnc3c(NCC(c4ccccc4)c4ccccc4)nc(COS(C)(=O)=O)nc32)[C@H](O)[C@@H]1O.Cc1ccc(N)c(C)n1. The lowest BCUT2D eigenvalue weighted by molar-refractivity contribution is -0.0580. The average molecular weight is 1290 g/mol. The Hall–Kier alpha value is -8.93. The molecule has 9 N–H and O–H groups in total. The molecule has 2 fully saturated rings. The summed E-state index contributed by atoms with van der Waals surface area (Å²) in [5, 5.41) is 53.0. The van der Waals surface area contributed by atoms with Gasteiger partial charge in [0.1, 0.15) is 43.2 Å². The summed E-state index contributed by atoms with van der Waals surface area (Å²) in [4.78, 5) is 36.5. The summed E-state index contributed by atoms with van der Waals surface area (Å²) in [5.74, 6) is 1.53. The van der Waals surface area contributed by atoms with Crippen molar-refractivity contribution in [3.8, 4) is 0 Å². The van der Waals surface area contributed by atoms with Crippen LogP contribution in [-0.2, 0) is 46.4 Å². The van der Waals surface area contributed by atoms with Crippen LogP contribution in [0, 0.1) is 27.7 Å². The fourth-order valence-corrected chi connectivity index (χ4v) is 11.4. The second-order valence-corrected chi connectivity index (χ2v) is 24.3. The molecular formula is C67H78N14O11S. The van der Waals surface area contributed by atoms with Gasteiger partial charge < -0.3 is 61.1 Å². The quantitative estimate of drug-likeness (QED) is 0.0315. The molecule has 2 aliphatic rings. The van der Waals surface area contributed by atoms with Gasteiger partial charge in [-0.2, -0.15) is 8.42 Å². The number of benzene rings is 4. The van der Waals surface area contributed by atoms with Gasteiger partial charge in [0.15, 0.2) is 58.1 Å². The maximum Gasteiger partial charge on any atom is 0.264 e. The Morgan fingerprint density at radius 1 is 0.527 bits per heavy atom. The highest BCUT2D eigenvalue weighted by Crippen LogP contribution is 2.36. The second kappa shape index (κ2) is 30.7. The van der Waals surface area contributed by atoms with Gasteiger partial charge >= 0.3 is 0 Å². The maximum absolute atomic E-state index is 11.7. The molecule has 4 aromatic carbocycles. The Labute approximate surface area is 539 Å². The van der Waals surface area contributed by atoms with E-state index in [1.54, 1.807) is 10.9 Å². The van der Waals surface area contributed by atoms with Crippen LogP contribution in [-0.4, -0.2) is 161 Å². The van der Waals surface area contributed by atoms with E-state index in [1.807, 2.05) is 125 Å². The summed E-state index contributed by atoms with van der Waals surface area (Å²) < 4.78 is 53.6. The molecule has 0 amide bonds. The Morgan fingerprint density at radius 2 is 0.935 bits per heavy atom. The van der Waals surface area contributed by atoms with E-state index in [-0.39, 0.29) is 36.5 Å². The van der Waals surface area contributed by atoms with Gasteiger partial charge in [-0.25, -0.2) is 29.9 Å². The smallest absolute Gasteiger partial charge is 0.264 e. The number of nitrogens with one attached hydrogen (secondary N) is 3. The molecule has 488 valence electrons. The van der Waals surface area contributed by atoms with Gasteiger partial charge in [-0.1, -0.05) is 121 Å². The molecular weight excluding hydrogens is 1210 g/mol. The number of nitrogens with two attached hydrogens (primary N) is 1. The van der Waals surface area contributed by atoms with E-state index < -0.39 is 65.8 Å². The molecule has 0 radical (unpaired) electrons. The first-order valence-electron chi connectivity index (χ1n) is 30.3. The van der Waals surface area contributed by atoms with Crippen LogP contribution in [0.5, 0.6) is 0 Å². The molecule has 0 bridgehead atoms. The number of nitrogen functional groups attached to an aromatic ring is 1. The number of hydrogen-bond donors (Lipinski definition) is 8. The third-order valence-electron chi connectivity index (χ3n) is 15.9. The molecule has 10 aromatic rings. The van der Waals surface area contributed by atoms with Crippen molar-refractivity contribution in [1.82, 2.24) is 49.0 Å². The van der Waals surface area contributed by atoms with Crippen LogP contribution in [0.4, 0.5) is 23.0 Å². The number of ether oxygens (including phenoxy) is 4. The zero-order chi connectivity index (χ0) is 65.8. The third-order valence-corrected chi connectivity index (χ3v) is 16.5. The van der Waals surface area contributed by atoms with Crippen molar-refractivity contribution in [2.24, 2.45) is 0 Å². The Bertz CT molecular complexity index is 4100. The Morgan fingerprint density at radius 3 is 1.33 bits per heavy atom. The molecule has 25 nitrogen and oxygen atoms in total. The molecule has 12 rings (SSSR count). The number of anilines is 4. The number of aromatic nitrogens is 10. The summed E-state index contributed by atoms with van der Waals surface area (Å²) in [5.41, 5.74) is 17.1. The van der Waals surface area contributed by atoms with Crippen LogP contribution in [0.25, 0.3) is 22.3 Å². The number of fused-ring (bicyclic) bond motifs is 2. The maximum atomic E-state index is 11.7. The molecule has 2 saturated heterocycles. The van der Waals surface area contributed by atoms with Crippen molar-refractivity contribution in [2.45, 2.75) is 102 Å². The molecule has 93 heavy (non-hydrogen) atoms. The van der Waals surface area contributed by atoms with Gasteiger partial charge in [-0.3, -0.25) is 23.3 Å². The van der Waals surface area contributed by atoms with Gasteiger partial charge in [0, 0.05) is 50.5 Å². The zero-order valence-corrected chi connectivity index (χ0v) is 53.4. The number of aliphatic hydroxyl groups excluding tert-OH is 4. The van der Waals surface area contributed by atoms with Crippen molar-refractivity contribution < 1.29 is 52.0 Å². The monoisotopic (exact) mass is 1290 g/mol. The van der Waals surface area contributed by atoms with Crippen molar-refractivity contribution >= 4 is 55.5 Å². The van der Waals surface area contributed by atoms with E-state index in [2.05, 4.69) is 94.4 Å². The molecule has 0 unspecified atom stereocenters. The topological polar surface area (TPSA) is 336 Å². The van der Waals surface area contributed by atoms with Crippen molar-refractivity contribution in [3.63, 3.8) is 0 Å². The highest BCUT2D eigenvalue weighted by molar-refractivity contribution is 7.85. The summed E-state index contributed by atoms with van der Waals surface area (Å²) in [6, 6.07) is 48.4. The van der Waals surface area contributed by atoms with E-state index in [0.717, 1.165) is 51.5 Å². The van der Waals surface area contributed by atoms with E-state index in [0.29, 0.717) is 53.8 Å². The minimum atomic E-state index is -3.76. The largest absolute Gasteiger partial charge is 0.397 e. The number of hydrogen-bond acceptors (Lipinski definition) is 23. The number of nitrogens with zero attached hydrogens (tertiary/aromatic N) is 10. The van der Waals surface area contributed by atoms with E-state index in [4.69, 9.17) is 38.8 Å². The molecule has 8 heterocycles. The fraction of sp³-hybridized carbons (Fsp3) is 0.343. The molecule has 0 aliphatic carbocycles. The van der Waals surface area contributed by atoms with Gasteiger partial charge in [-0.15, -0.1) is 0 Å². The van der Waals surface area contributed by atoms with E-state index in [9.17, 15) is 28.8 Å². The van der Waals surface area contributed by atoms with Crippen molar-refractivity contribution in [3.05, 3.63) is 215 Å². The average Bonchev–Trinajstić information content (AvgIpc) is 1.64. The van der Waals surface area contributed by atoms with Gasteiger partial charge in [0.2, 0.25) is 0 Å². The van der Waals surface area contributed by atoms with Gasteiger partial charge in [-0.05, 0) is 74.2 Å². The predicted octanol–water partition coefficient (Wildman–Crippen LogP) is 7.05. The highest BCUT2D eigenvalue weighted by Gasteiger charge is 2.46. The van der Waals surface area contributed by atoms with Crippen molar-refractivity contribution in [2.75, 3.05) is 68.5 Å². The predicted molar refractivity (Wildman–Crippen MR) is 351 cm³/mol. The molecule has 0 saturated carbocycles. The van der Waals surface area contributed by atoms with Gasteiger partial charge in [0.05, 0.1) is 61.4 Å². The number of aliphatic hydroxyl groups is 4. The highest BCUT2D eigenvalue weighted by atomic mass is 32.2. The minimum absolute atomic E-state index is 0.0323. The summed E-state index contributed by atoms with van der Waals surface area (Å²) in [6.07, 6.45) is -4.18. The Balaban J connectivity index is 0.000000180. The standard InChI is InChI=1S/C33H37N7O4.C27H31N5O7S.C7H10N2/c1-20-14-15-25(21(2)37-20)34-17-27-38-31(35-16-24(22-10-6-4-7-11-22)23-12-8-5-9-13-23)28-32(39-27)40(19-36-28)33-30(42)29(41)26(44-33)18-43-3;1-37-14-20-23(33)24(34)27(39-20)32-16-29-22-25(30-21(31-26(22)32)15-38-40(2,35)36)28-13-19(17-9-5-3-6-10-17)18-11-7-4-8-12-18;1-5-3-4-7(8)6(2)9-5/h4-15,19,24,26,29-30,33-34,41-42H,16-18H2,1-3H3,(H,35,38,39);3-12,16,19-20,23-24,27,33-34H,13-15H2,1-2H3,(H,28,30,31);3-4H,8H2,1-2H3/t26-,29-,30-,33-;20-,23-,24-,27-;/m11./s1. The number of aryl methyl sites for hydroxylation is 4. The number of rotatable bonds is 22. The lowest BCUT2D eigenvalue weighted by Crippen LogP contribution is -2.33. The summed E-state index contributed by atoms with van der Waals surface area (Å²) in [7, 11) is -0.767. The molecule has 26 heteroatoms.